The molecule has 0 saturated carbocycles. The van der Waals surface area contributed by atoms with Crippen molar-refractivity contribution in [3.63, 3.8) is 0 Å². The Labute approximate surface area is 127 Å². The Bertz CT molecular complexity index is 447. The van der Waals surface area contributed by atoms with Crippen molar-refractivity contribution in [2.75, 3.05) is 13.1 Å². The number of hydrogen-bond acceptors (Lipinski definition) is 2. The molecule has 1 aromatic rings. The predicted octanol–water partition coefficient (Wildman–Crippen LogP) is 3.79. The minimum absolute atomic E-state index is 0.338. The number of likely N-dealkylation sites (tertiary alicyclic amines) is 1. The topological polar surface area (TPSA) is 45.5 Å². The van der Waals surface area contributed by atoms with Gasteiger partial charge >= 0.3 is 5.97 Å². The lowest BCUT2D eigenvalue weighted by molar-refractivity contribution is 0.0675. The molecule has 0 amide bonds. The van der Waals surface area contributed by atoms with Gasteiger partial charge in [-0.1, -0.05) is 26.2 Å². The minimum Gasteiger partial charge on any atom is -0.477 e. The second kappa shape index (κ2) is 7.64. The Morgan fingerprint density at radius 1 is 1.38 bits per heavy atom. The van der Waals surface area contributed by atoms with E-state index in [9.17, 15) is 9.90 Å². The molecule has 1 atom stereocenters. The molecule has 4 heteroatoms. The average Bonchev–Trinajstić information content (AvgIpc) is 2.97. The number of unbranched alkanes of at least 4 members (excludes halogenated alkanes) is 2. The number of carboxylic acid groups (broad SMARTS) is 1. The largest absolute Gasteiger partial charge is 0.477 e. The lowest BCUT2D eigenvalue weighted by Gasteiger charge is -2.37. The summed E-state index contributed by atoms with van der Waals surface area (Å²) in [6, 6.07) is 4.52. The van der Waals surface area contributed by atoms with Crippen LogP contribution in [-0.2, 0) is 0 Å². The van der Waals surface area contributed by atoms with Crippen LogP contribution in [0.25, 0.3) is 0 Å². The van der Waals surface area contributed by atoms with Crippen molar-refractivity contribution in [1.29, 1.82) is 0 Å². The van der Waals surface area contributed by atoms with E-state index < -0.39 is 5.97 Å². The molecule has 1 N–H and O–H groups in total. The van der Waals surface area contributed by atoms with Crippen LogP contribution < -0.4 is 0 Å². The van der Waals surface area contributed by atoms with Gasteiger partial charge in [0.25, 0.3) is 0 Å². The molecule has 0 aliphatic carbocycles. The van der Waals surface area contributed by atoms with Gasteiger partial charge in [-0.15, -0.1) is 0 Å². The lowest BCUT2D eigenvalue weighted by Crippen LogP contribution is -2.40. The van der Waals surface area contributed by atoms with Gasteiger partial charge in [0.15, 0.2) is 0 Å². The maximum absolute atomic E-state index is 11.2. The van der Waals surface area contributed by atoms with Gasteiger partial charge in [-0.2, -0.15) is 0 Å². The maximum atomic E-state index is 11.2. The molecule has 0 aromatic carbocycles. The van der Waals surface area contributed by atoms with Gasteiger partial charge in [0.2, 0.25) is 0 Å². The summed E-state index contributed by atoms with van der Waals surface area (Å²) in [4.78, 5) is 13.8. The fourth-order valence-electron chi connectivity index (χ4n) is 3.37. The van der Waals surface area contributed by atoms with E-state index in [0.29, 0.717) is 17.8 Å². The van der Waals surface area contributed by atoms with Crippen molar-refractivity contribution in [2.45, 2.75) is 64.5 Å². The van der Waals surface area contributed by atoms with E-state index >= 15 is 0 Å². The Balaban J connectivity index is 1.85. The first-order chi connectivity index (χ1) is 10.1. The molecule has 2 rings (SSSR count). The molecule has 0 bridgehead atoms. The van der Waals surface area contributed by atoms with Crippen molar-refractivity contribution >= 4 is 5.97 Å². The third-order valence-electron chi connectivity index (χ3n) is 4.74. The molecule has 1 aliphatic heterocycles. The summed E-state index contributed by atoms with van der Waals surface area (Å²) in [5.74, 6) is -0.824. The van der Waals surface area contributed by atoms with E-state index in [1.165, 1.54) is 25.7 Å². The Kier molecular flexibility index (Phi) is 5.85. The number of rotatable bonds is 7. The fourth-order valence-corrected chi connectivity index (χ4v) is 3.37. The van der Waals surface area contributed by atoms with E-state index in [4.69, 9.17) is 0 Å². The zero-order chi connectivity index (χ0) is 15.2. The van der Waals surface area contributed by atoms with Gasteiger partial charge < -0.3 is 14.6 Å². The number of carbonyl (C=O) groups is 1. The van der Waals surface area contributed by atoms with Crippen LogP contribution in [-0.4, -0.2) is 39.7 Å². The van der Waals surface area contributed by atoms with Crippen molar-refractivity contribution in [3.05, 3.63) is 24.0 Å². The highest BCUT2D eigenvalue weighted by atomic mass is 16.4. The normalized spacial score (nSPS) is 18.8. The summed E-state index contributed by atoms with van der Waals surface area (Å²) >= 11 is 0. The lowest BCUT2D eigenvalue weighted by atomic mass is 10.0. The molecule has 118 valence electrons. The highest BCUT2D eigenvalue weighted by Gasteiger charge is 2.25. The van der Waals surface area contributed by atoms with Crippen LogP contribution in [0.5, 0.6) is 0 Å². The minimum atomic E-state index is -0.824. The zero-order valence-electron chi connectivity index (χ0n) is 13.3. The average molecular weight is 292 g/mol. The monoisotopic (exact) mass is 292 g/mol. The predicted molar refractivity (Wildman–Crippen MR) is 84.8 cm³/mol. The van der Waals surface area contributed by atoms with E-state index in [2.05, 4.69) is 18.7 Å². The molecule has 1 unspecified atom stereocenters. The molecule has 1 aliphatic rings. The summed E-state index contributed by atoms with van der Waals surface area (Å²) in [5, 5.41) is 9.21. The van der Waals surface area contributed by atoms with Crippen LogP contribution in [0.15, 0.2) is 18.3 Å². The van der Waals surface area contributed by atoms with Crippen LogP contribution in [0.4, 0.5) is 0 Å². The number of hydrogen-bond donors (Lipinski definition) is 1. The molecular formula is C17H28N2O2. The summed E-state index contributed by atoms with van der Waals surface area (Å²) in [5.41, 5.74) is 0.421. The van der Waals surface area contributed by atoms with Crippen LogP contribution in [0.3, 0.4) is 0 Å². The quantitative estimate of drug-likeness (QED) is 0.778. The number of aromatic nitrogens is 1. The Hall–Kier alpha value is -1.29. The van der Waals surface area contributed by atoms with Crippen LogP contribution >= 0.6 is 0 Å². The van der Waals surface area contributed by atoms with E-state index in [1.807, 2.05) is 16.8 Å². The smallest absolute Gasteiger partial charge is 0.352 e. The molecule has 1 aromatic heterocycles. The maximum Gasteiger partial charge on any atom is 0.352 e. The number of piperidine rings is 1. The van der Waals surface area contributed by atoms with Gasteiger partial charge in [0.1, 0.15) is 5.69 Å². The van der Waals surface area contributed by atoms with Gasteiger partial charge in [-0.05, 0) is 38.3 Å². The molecule has 0 radical (unpaired) electrons. The number of aromatic carboxylic acids is 1. The molecule has 0 spiro atoms. The number of nitrogens with zero attached hydrogens (tertiary/aromatic N) is 2. The van der Waals surface area contributed by atoms with Crippen molar-refractivity contribution in [1.82, 2.24) is 9.47 Å². The zero-order valence-corrected chi connectivity index (χ0v) is 13.3. The van der Waals surface area contributed by atoms with Crippen LogP contribution in [0, 0.1) is 0 Å². The van der Waals surface area contributed by atoms with Crippen molar-refractivity contribution in [2.24, 2.45) is 0 Å². The van der Waals surface area contributed by atoms with Gasteiger partial charge in [-0.25, -0.2) is 4.79 Å². The summed E-state index contributed by atoms with van der Waals surface area (Å²) in [7, 11) is 0. The SMILES string of the molecule is CCCCCC(C)N1CCC(n2cccc2C(=O)O)CC1. The molecule has 2 heterocycles. The molecule has 1 fully saturated rings. The summed E-state index contributed by atoms with van der Waals surface area (Å²) < 4.78 is 1.95. The highest BCUT2D eigenvalue weighted by molar-refractivity contribution is 5.85. The Morgan fingerprint density at radius 2 is 2.10 bits per heavy atom. The summed E-state index contributed by atoms with van der Waals surface area (Å²) in [6.45, 7) is 6.73. The summed E-state index contributed by atoms with van der Waals surface area (Å²) in [6.07, 6.45) is 9.21. The van der Waals surface area contributed by atoms with Crippen LogP contribution in [0.2, 0.25) is 0 Å². The number of carboxylic acids is 1. The van der Waals surface area contributed by atoms with Crippen molar-refractivity contribution < 1.29 is 9.90 Å². The third-order valence-corrected chi connectivity index (χ3v) is 4.74. The first-order valence-corrected chi connectivity index (χ1v) is 8.27. The molecule has 1 saturated heterocycles. The van der Waals surface area contributed by atoms with Crippen LogP contribution in [0.1, 0.15) is 68.9 Å². The van der Waals surface area contributed by atoms with E-state index in [1.54, 1.807) is 6.07 Å². The fraction of sp³-hybridized carbons (Fsp3) is 0.706. The second-order valence-corrected chi connectivity index (χ2v) is 6.22. The van der Waals surface area contributed by atoms with E-state index in [0.717, 1.165) is 25.9 Å². The van der Waals surface area contributed by atoms with Gasteiger partial charge in [0.05, 0.1) is 0 Å². The highest BCUT2D eigenvalue weighted by Crippen LogP contribution is 2.26. The standard InChI is InChI=1S/C17H28N2O2/c1-3-4-5-7-14(2)18-12-9-15(10-13-18)19-11-6-8-16(19)17(20)21/h6,8,11,14-15H,3-5,7,9-10,12-13H2,1-2H3,(H,20,21). The van der Waals surface area contributed by atoms with Gasteiger partial charge in [0, 0.05) is 31.4 Å². The second-order valence-electron chi connectivity index (χ2n) is 6.22. The van der Waals surface area contributed by atoms with E-state index in [-0.39, 0.29) is 0 Å². The molecular weight excluding hydrogens is 264 g/mol. The van der Waals surface area contributed by atoms with Gasteiger partial charge in [-0.3, -0.25) is 0 Å². The molecule has 21 heavy (non-hydrogen) atoms. The van der Waals surface area contributed by atoms with Crippen molar-refractivity contribution in [3.8, 4) is 0 Å². The first kappa shape index (κ1) is 16.1. The third kappa shape index (κ3) is 4.10. The molecule has 4 nitrogen and oxygen atoms in total. The first-order valence-electron chi connectivity index (χ1n) is 8.27. The Morgan fingerprint density at radius 3 is 2.71 bits per heavy atom.